The highest BCUT2D eigenvalue weighted by atomic mass is 16.3. The molecule has 1 rings (SSSR count). The third-order valence-electron chi connectivity index (χ3n) is 1.86. The van der Waals surface area contributed by atoms with Gasteiger partial charge in [-0.05, 0) is 24.5 Å². The number of hydrogen-bond acceptors (Lipinski definition) is 2. The van der Waals surface area contributed by atoms with Crippen LogP contribution in [0.15, 0.2) is 35.8 Å². The van der Waals surface area contributed by atoms with Crippen LogP contribution >= 0.6 is 0 Å². The summed E-state index contributed by atoms with van der Waals surface area (Å²) in [5.41, 5.74) is 1.71. The fraction of sp³-hybridized carbons (Fsp3) is 0.300. The number of nitrogens with one attached hydrogen (secondary N) is 1. The number of carbonyl (C=O) groups excluding carboxylic acids is 1. The summed E-state index contributed by atoms with van der Waals surface area (Å²) in [6.45, 7) is 4.91. The number of amides is 1. The Morgan fingerprint density at radius 2 is 2.23 bits per heavy atom. The van der Waals surface area contributed by atoms with Crippen LogP contribution < -0.4 is 5.32 Å². The topological polar surface area (TPSA) is 49.3 Å². The van der Waals surface area contributed by atoms with Crippen LogP contribution in [-0.4, -0.2) is 11.0 Å². The molecule has 0 heterocycles. The fourth-order valence-electron chi connectivity index (χ4n) is 1.21. The number of carbonyl (C=O) groups is 1. The van der Waals surface area contributed by atoms with Crippen LogP contribution in [0.2, 0.25) is 0 Å². The molecule has 0 fully saturated rings. The van der Waals surface area contributed by atoms with E-state index in [0.717, 1.165) is 24.1 Å². The quantitative estimate of drug-likeness (QED) is 0.635. The number of allylic oxidation sites excluding steroid dienone is 4. The van der Waals surface area contributed by atoms with E-state index in [1.54, 1.807) is 12.2 Å². The molecule has 3 heteroatoms. The van der Waals surface area contributed by atoms with E-state index in [2.05, 4.69) is 11.9 Å². The smallest absolute Gasteiger partial charge is 0.220 e. The molecule has 0 bridgehead atoms. The van der Waals surface area contributed by atoms with Crippen molar-refractivity contribution in [2.45, 2.75) is 19.8 Å². The summed E-state index contributed by atoms with van der Waals surface area (Å²) in [4.78, 5) is 10.7. The molecule has 0 saturated heterocycles. The first-order valence-electron chi connectivity index (χ1n) is 4.15. The summed E-state index contributed by atoms with van der Waals surface area (Å²) in [5.74, 6) is 0.0454. The Morgan fingerprint density at radius 1 is 1.54 bits per heavy atom. The van der Waals surface area contributed by atoms with Crippen LogP contribution in [0.3, 0.4) is 0 Å². The first kappa shape index (κ1) is 9.58. The van der Waals surface area contributed by atoms with Crippen LogP contribution in [0.5, 0.6) is 0 Å². The minimum atomic E-state index is -0.0640. The lowest BCUT2D eigenvalue weighted by atomic mass is 10.0. The van der Waals surface area contributed by atoms with Gasteiger partial charge in [0.05, 0.1) is 0 Å². The van der Waals surface area contributed by atoms with Gasteiger partial charge >= 0.3 is 0 Å². The van der Waals surface area contributed by atoms with Gasteiger partial charge in [-0.1, -0.05) is 12.7 Å². The lowest BCUT2D eigenvalue weighted by molar-refractivity contribution is -0.118. The highest BCUT2D eigenvalue weighted by Gasteiger charge is 2.08. The zero-order valence-electron chi connectivity index (χ0n) is 7.63. The molecular weight excluding hydrogens is 166 g/mol. The second kappa shape index (κ2) is 3.94. The van der Waals surface area contributed by atoms with Crippen molar-refractivity contribution in [2.24, 2.45) is 0 Å². The number of rotatable bonds is 2. The average molecular weight is 179 g/mol. The summed E-state index contributed by atoms with van der Waals surface area (Å²) in [6, 6.07) is 0. The van der Waals surface area contributed by atoms with E-state index in [4.69, 9.17) is 5.11 Å². The van der Waals surface area contributed by atoms with Gasteiger partial charge in [0.2, 0.25) is 5.91 Å². The molecule has 1 aliphatic carbocycles. The molecule has 2 N–H and O–H groups in total. The zero-order valence-corrected chi connectivity index (χ0v) is 7.63. The second-order valence-corrected chi connectivity index (χ2v) is 3.01. The molecule has 1 aliphatic rings. The van der Waals surface area contributed by atoms with E-state index in [-0.39, 0.29) is 11.7 Å². The van der Waals surface area contributed by atoms with Crippen LogP contribution in [-0.2, 0) is 4.79 Å². The maximum Gasteiger partial charge on any atom is 0.220 e. The van der Waals surface area contributed by atoms with Gasteiger partial charge in [-0.25, -0.2) is 0 Å². The van der Waals surface area contributed by atoms with Gasteiger partial charge < -0.3 is 10.4 Å². The van der Waals surface area contributed by atoms with Crippen molar-refractivity contribution in [3.8, 4) is 0 Å². The zero-order chi connectivity index (χ0) is 9.84. The largest absolute Gasteiger partial charge is 0.508 e. The molecule has 0 aromatic heterocycles. The molecular formula is C10H13NO2. The number of hydrogen-bond donors (Lipinski definition) is 2. The Morgan fingerprint density at radius 3 is 2.62 bits per heavy atom. The highest BCUT2D eigenvalue weighted by Crippen LogP contribution is 2.20. The summed E-state index contributed by atoms with van der Waals surface area (Å²) < 4.78 is 0. The van der Waals surface area contributed by atoms with Gasteiger partial charge in [0.15, 0.2) is 0 Å². The molecule has 1 amide bonds. The van der Waals surface area contributed by atoms with Gasteiger partial charge in [-0.3, -0.25) is 4.79 Å². The Hall–Kier alpha value is -1.51. The molecule has 13 heavy (non-hydrogen) atoms. The van der Waals surface area contributed by atoms with Crippen LogP contribution in [0, 0.1) is 0 Å². The molecule has 0 aromatic rings. The molecule has 0 aromatic carbocycles. The van der Waals surface area contributed by atoms with Crippen molar-refractivity contribution in [1.82, 2.24) is 5.32 Å². The lowest BCUT2D eigenvalue weighted by Crippen LogP contribution is -2.20. The van der Waals surface area contributed by atoms with Gasteiger partial charge in [0.1, 0.15) is 5.76 Å². The standard InChI is InChI=1S/C10H13NO2/c1-7(12)9-3-5-10(6-4-9)11-8(2)13/h3,5,12H,1,4,6H2,2H3,(H,11,13). The van der Waals surface area contributed by atoms with Gasteiger partial charge in [-0.2, -0.15) is 0 Å². The van der Waals surface area contributed by atoms with Crippen molar-refractivity contribution >= 4 is 5.91 Å². The van der Waals surface area contributed by atoms with E-state index in [9.17, 15) is 4.79 Å². The molecule has 0 saturated carbocycles. The Kier molecular flexibility index (Phi) is 2.90. The highest BCUT2D eigenvalue weighted by molar-refractivity contribution is 5.75. The van der Waals surface area contributed by atoms with E-state index in [0.29, 0.717) is 0 Å². The van der Waals surface area contributed by atoms with E-state index < -0.39 is 0 Å². The summed E-state index contributed by atoms with van der Waals surface area (Å²) >= 11 is 0. The normalized spacial score (nSPS) is 15.8. The maximum absolute atomic E-state index is 10.7. The molecule has 0 atom stereocenters. The van der Waals surface area contributed by atoms with Crippen molar-refractivity contribution < 1.29 is 9.90 Å². The Labute approximate surface area is 77.5 Å². The van der Waals surface area contributed by atoms with Crippen LogP contribution in [0.25, 0.3) is 0 Å². The third kappa shape index (κ3) is 2.78. The predicted octanol–water partition coefficient (Wildman–Crippen LogP) is 1.80. The lowest BCUT2D eigenvalue weighted by Gasteiger charge is -2.13. The monoisotopic (exact) mass is 179 g/mol. The van der Waals surface area contributed by atoms with Crippen LogP contribution in [0.4, 0.5) is 0 Å². The van der Waals surface area contributed by atoms with Crippen molar-refractivity contribution in [2.75, 3.05) is 0 Å². The summed E-state index contributed by atoms with van der Waals surface area (Å²) in [7, 11) is 0. The molecule has 3 nitrogen and oxygen atoms in total. The molecule has 0 radical (unpaired) electrons. The minimum Gasteiger partial charge on any atom is -0.508 e. The predicted molar refractivity (Wildman–Crippen MR) is 51.0 cm³/mol. The second-order valence-electron chi connectivity index (χ2n) is 3.01. The summed E-state index contributed by atoms with van der Waals surface area (Å²) in [6.07, 6.45) is 5.03. The van der Waals surface area contributed by atoms with Gasteiger partial charge in [-0.15, -0.1) is 0 Å². The number of aliphatic hydroxyl groups is 1. The minimum absolute atomic E-state index is 0.0640. The third-order valence-corrected chi connectivity index (χ3v) is 1.86. The van der Waals surface area contributed by atoms with Crippen molar-refractivity contribution in [3.63, 3.8) is 0 Å². The SMILES string of the molecule is C=C(O)C1=CC=C(NC(C)=O)CC1. The molecule has 0 unspecified atom stereocenters. The fourth-order valence-corrected chi connectivity index (χ4v) is 1.21. The van der Waals surface area contributed by atoms with Crippen LogP contribution in [0.1, 0.15) is 19.8 Å². The summed E-state index contributed by atoms with van der Waals surface area (Å²) in [5, 5.41) is 11.8. The van der Waals surface area contributed by atoms with Gasteiger partial charge in [0.25, 0.3) is 0 Å². The first-order valence-corrected chi connectivity index (χ1v) is 4.15. The molecule has 0 aliphatic heterocycles. The van der Waals surface area contributed by atoms with E-state index in [1.807, 2.05) is 0 Å². The van der Waals surface area contributed by atoms with Crippen molar-refractivity contribution in [1.29, 1.82) is 0 Å². The maximum atomic E-state index is 10.7. The number of aliphatic hydroxyl groups excluding tert-OH is 1. The van der Waals surface area contributed by atoms with Gasteiger partial charge in [0, 0.05) is 12.6 Å². The molecule has 70 valence electrons. The Bertz CT molecular complexity index is 300. The molecule has 0 spiro atoms. The first-order chi connectivity index (χ1) is 6.09. The Balaban J connectivity index is 2.65. The van der Waals surface area contributed by atoms with Crippen molar-refractivity contribution in [3.05, 3.63) is 35.8 Å². The van der Waals surface area contributed by atoms with E-state index in [1.165, 1.54) is 6.92 Å². The van der Waals surface area contributed by atoms with E-state index >= 15 is 0 Å². The average Bonchev–Trinajstić information content (AvgIpc) is 2.04.